The number of nitrogens with zero attached hydrogens (tertiary/aromatic N) is 4. The quantitative estimate of drug-likeness (QED) is 0.261. The van der Waals surface area contributed by atoms with E-state index >= 15 is 0 Å². The normalized spacial score (nSPS) is 23.2. The molecule has 3 aliphatic heterocycles. The molecule has 7 rings (SSSR count). The first-order chi connectivity index (χ1) is 22.2. The van der Waals surface area contributed by atoms with Crippen LogP contribution in [0.4, 0.5) is 4.39 Å². The summed E-state index contributed by atoms with van der Waals surface area (Å²) in [5, 5.41) is 0. The summed E-state index contributed by atoms with van der Waals surface area (Å²) in [6.45, 7) is 4.27. The topological polar surface area (TPSA) is 87.5 Å². The van der Waals surface area contributed by atoms with Gasteiger partial charge in [0.05, 0.1) is 11.0 Å². The van der Waals surface area contributed by atoms with Crippen molar-refractivity contribution in [1.29, 1.82) is 0 Å². The molecule has 46 heavy (non-hydrogen) atoms. The van der Waals surface area contributed by atoms with Gasteiger partial charge < -0.3 is 9.47 Å². The predicted octanol–water partition coefficient (Wildman–Crippen LogP) is 5.82. The Morgan fingerprint density at radius 3 is 2.33 bits per heavy atom. The van der Waals surface area contributed by atoms with Crippen molar-refractivity contribution in [2.24, 2.45) is 0 Å². The van der Waals surface area contributed by atoms with E-state index in [0.717, 1.165) is 62.1 Å². The molecule has 4 heterocycles. The number of rotatable bonds is 8. The molecular formula is C36H42FN5O3S. The maximum atomic E-state index is 14.4. The number of aromatic nitrogens is 2. The van der Waals surface area contributed by atoms with E-state index in [1.807, 2.05) is 6.07 Å². The van der Waals surface area contributed by atoms with E-state index in [4.69, 9.17) is 4.98 Å². The minimum atomic E-state index is -4.03. The number of imidazole rings is 1. The summed E-state index contributed by atoms with van der Waals surface area (Å²) in [4.78, 5) is 22.4. The van der Waals surface area contributed by atoms with E-state index in [1.54, 1.807) is 4.90 Å². The van der Waals surface area contributed by atoms with Gasteiger partial charge in [0.15, 0.2) is 0 Å². The predicted molar refractivity (Wildman–Crippen MR) is 177 cm³/mol. The molecule has 10 heteroatoms. The number of sulfonamides is 1. The summed E-state index contributed by atoms with van der Waals surface area (Å²) < 4.78 is 43.6. The zero-order valence-corrected chi connectivity index (χ0v) is 27.3. The Morgan fingerprint density at radius 1 is 0.957 bits per heavy atom. The Bertz CT molecular complexity index is 1840. The van der Waals surface area contributed by atoms with Crippen LogP contribution in [0.3, 0.4) is 0 Å². The lowest BCUT2D eigenvalue weighted by atomic mass is 9.70. The number of hydrogen-bond donors (Lipinski definition) is 1. The number of carbonyl (C=O) groups is 1. The van der Waals surface area contributed by atoms with Crippen LogP contribution >= 0.6 is 0 Å². The summed E-state index contributed by atoms with van der Waals surface area (Å²) in [6.07, 6.45) is 7.40. The van der Waals surface area contributed by atoms with Gasteiger partial charge in [0, 0.05) is 36.8 Å². The summed E-state index contributed by atoms with van der Waals surface area (Å²) in [5.74, 6) is -0.0419. The van der Waals surface area contributed by atoms with Crippen molar-refractivity contribution in [3.05, 3.63) is 95.6 Å². The third-order valence-electron chi connectivity index (χ3n) is 11.0. The highest BCUT2D eigenvalue weighted by molar-refractivity contribution is 7.89. The standard InChI is InChI=1S/C36H42FN5O3S/c1-25-39-32-10-6-7-11-33(32)42(25)30-23-28-13-14-29(24-30)41(28)21-18-36(27-8-4-3-5-9-27)16-19-40(20-17-36)35(43)26-12-15-31(37)34(22-26)46(44,45)38-2/h3-12,15,22,28-30,38H,13-14,16-21,23-24H2,1-2H3/t28-,29+,30?. The molecule has 0 aliphatic carbocycles. The molecule has 3 aromatic carbocycles. The Kier molecular flexibility index (Phi) is 8.23. The van der Waals surface area contributed by atoms with Crippen LogP contribution in [0.5, 0.6) is 0 Å². The van der Waals surface area contributed by atoms with Gasteiger partial charge in [0.2, 0.25) is 10.0 Å². The van der Waals surface area contributed by atoms with Crippen molar-refractivity contribution in [3.8, 4) is 0 Å². The van der Waals surface area contributed by atoms with Crippen LogP contribution in [0, 0.1) is 12.7 Å². The fraction of sp³-hybridized carbons (Fsp3) is 0.444. The lowest BCUT2D eigenvalue weighted by Gasteiger charge is -2.45. The van der Waals surface area contributed by atoms with Gasteiger partial charge in [-0.3, -0.25) is 9.69 Å². The first-order valence-corrected chi connectivity index (χ1v) is 17.9. The van der Waals surface area contributed by atoms with Crippen LogP contribution in [0.15, 0.2) is 77.7 Å². The zero-order chi connectivity index (χ0) is 32.1. The van der Waals surface area contributed by atoms with Gasteiger partial charge in [-0.15, -0.1) is 0 Å². The Hall–Kier alpha value is -3.60. The van der Waals surface area contributed by atoms with Crippen molar-refractivity contribution in [1.82, 2.24) is 24.1 Å². The first-order valence-electron chi connectivity index (χ1n) is 16.5. The number of halogens is 1. The van der Waals surface area contributed by atoms with Crippen LogP contribution in [0.25, 0.3) is 11.0 Å². The minimum Gasteiger partial charge on any atom is -0.339 e. The molecule has 1 aromatic heterocycles. The fourth-order valence-corrected chi connectivity index (χ4v) is 9.36. The van der Waals surface area contributed by atoms with E-state index in [1.165, 1.54) is 37.0 Å². The van der Waals surface area contributed by atoms with Gasteiger partial charge in [-0.2, -0.15) is 0 Å². The fourth-order valence-electron chi connectivity index (χ4n) is 8.54. The molecular weight excluding hydrogens is 601 g/mol. The molecule has 2 bridgehead atoms. The summed E-state index contributed by atoms with van der Waals surface area (Å²) >= 11 is 0. The van der Waals surface area contributed by atoms with Crippen LogP contribution < -0.4 is 4.72 Å². The second-order valence-corrected chi connectivity index (χ2v) is 15.2. The Morgan fingerprint density at radius 2 is 1.63 bits per heavy atom. The number of likely N-dealkylation sites (tertiary alicyclic amines) is 1. The number of benzene rings is 3. The Labute approximate surface area is 270 Å². The van der Waals surface area contributed by atoms with Gasteiger partial charge in [0.1, 0.15) is 16.5 Å². The second kappa shape index (κ2) is 12.2. The van der Waals surface area contributed by atoms with E-state index in [9.17, 15) is 17.6 Å². The molecule has 4 aromatic rings. The smallest absolute Gasteiger partial charge is 0.253 e. The molecule has 8 nitrogen and oxygen atoms in total. The highest BCUT2D eigenvalue weighted by Crippen LogP contribution is 2.45. The van der Waals surface area contributed by atoms with Crippen molar-refractivity contribution >= 4 is 27.0 Å². The average molecular weight is 644 g/mol. The number of amides is 1. The van der Waals surface area contributed by atoms with Gasteiger partial charge >= 0.3 is 0 Å². The van der Waals surface area contributed by atoms with Crippen molar-refractivity contribution in [3.63, 3.8) is 0 Å². The SMILES string of the molecule is CNS(=O)(=O)c1cc(C(=O)N2CCC(CCN3[C@@H]4CC[C@H]3CC(n3c(C)nc5ccccc53)C4)(c3ccccc3)CC2)ccc1F. The van der Waals surface area contributed by atoms with Gasteiger partial charge in [-0.1, -0.05) is 42.5 Å². The van der Waals surface area contributed by atoms with Gasteiger partial charge in [0.25, 0.3) is 5.91 Å². The molecule has 1 amide bonds. The first kappa shape index (κ1) is 31.0. The van der Waals surface area contributed by atoms with Gasteiger partial charge in [-0.05, 0) is 107 Å². The monoisotopic (exact) mass is 643 g/mol. The third kappa shape index (κ3) is 5.54. The molecule has 3 atom stereocenters. The number of aryl methyl sites for hydroxylation is 1. The van der Waals surface area contributed by atoms with Crippen LogP contribution in [0.1, 0.15) is 72.7 Å². The third-order valence-corrected chi connectivity index (χ3v) is 12.4. The van der Waals surface area contributed by atoms with Crippen molar-refractivity contribution < 1.29 is 17.6 Å². The van der Waals surface area contributed by atoms with E-state index < -0.39 is 20.7 Å². The lowest BCUT2D eigenvalue weighted by Crippen LogP contribution is -2.49. The lowest BCUT2D eigenvalue weighted by molar-refractivity contribution is 0.0606. The summed E-state index contributed by atoms with van der Waals surface area (Å²) in [7, 11) is -2.80. The molecule has 0 spiro atoms. The summed E-state index contributed by atoms with van der Waals surface area (Å²) in [5.41, 5.74) is 3.75. The molecule has 1 unspecified atom stereocenters. The number of para-hydroxylation sites is 2. The molecule has 0 radical (unpaired) electrons. The maximum absolute atomic E-state index is 14.4. The maximum Gasteiger partial charge on any atom is 0.253 e. The second-order valence-electron chi connectivity index (χ2n) is 13.3. The summed E-state index contributed by atoms with van der Waals surface area (Å²) in [6, 6.07) is 24.3. The van der Waals surface area contributed by atoms with Gasteiger partial charge in [-0.25, -0.2) is 22.5 Å². The zero-order valence-electron chi connectivity index (χ0n) is 26.5. The molecule has 3 saturated heterocycles. The number of nitrogens with one attached hydrogen (secondary N) is 1. The van der Waals surface area contributed by atoms with E-state index in [0.29, 0.717) is 31.2 Å². The van der Waals surface area contributed by atoms with Crippen molar-refractivity contribution in [2.75, 3.05) is 26.7 Å². The highest BCUT2D eigenvalue weighted by Gasteiger charge is 2.44. The molecule has 242 valence electrons. The van der Waals surface area contributed by atoms with E-state index in [2.05, 4.69) is 69.6 Å². The van der Waals surface area contributed by atoms with Crippen LogP contribution in [-0.4, -0.2) is 72.4 Å². The number of hydrogen-bond acceptors (Lipinski definition) is 5. The molecule has 0 saturated carbocycles. The number of carbonyl (C=O) groups excluding carboxylic acids is 1. The largest absolute Gasteiger partial charge is 0.339 e. The van der Waals surface area contributed by atoms with E-state index in [-0.39, 0.29) is 16.9 Å². The minimum absolute atomic E-state index is 0.0606. The molecule has 3 fully saturated rings. The van der Waals surface area contributed by atoms with Crippen LogP contribution in [0.2, 0.25) is 0 Å². The Balaban J connectivity index is 1.06. The average Bonchev–Trinajstić information content (AvgIpc) is 3.54. The molecule has 3 aliphatic rings. The number of fused-ring (bicyclic) bond motifs is 3. The highest BCUT2D eigenvalue weighted by atomic mass is 32.2. The van der Waals surface area contributed by atoms with Crippen LogP contribution in [-0.2, 0) is 15.4 Å². The number of piperidine rings is 2. The molecule has 1 N–H and O–H groups in total. The van der Waals surface area contributed by atoms with Crippen molar-refractivity contribution in [2.45, 2.75) is 80.3 Å².